The number of hydrogen-bond acceptors (Lipinski definition) is 6. The average molecular weight is 1160 g/mol. The Balaban J connectivity index is 4.16. The van der Waals surface area contributed by atoms with Crippen LogP contribution in [-0.2, 0) is 28.6 Å². The molecule has 0 aliphatic carbocycles. The smallest absolute Gasteiger partial charge is 0.306 e. The van der Waals surface area contributed by atoms with Crippen LogP contribution in [0.2, 0.25) is 0 Å². The second-order valence-corrected chi connectivity index (χ2v) is 25.2. The van der Waals surface area contributed by atoms with Gasteiger partial charge in [0.05, 0.1) is 0 Å². The fourth-order valence-electron chi connectivity index (χ4n) is 11.2. The first-order valence-corrected chi connectivity index (χ1v) is 37.1. The van der Waals surface area contributed by atoms with Crippen LogP contribution in [0.25, 0.3) is 0 Å². The van der Waals surface area contributed by atoms with E-state index in [0.717, 1.165) is 77.0 Å². The molecule has 0 N–H and O–H groups in total. The first kappa shape index (κ1) is 80.4. The van der Waals surface area contributed by atoms with Crippen LogP contribution in [0.1, 0.15) is 406 Å². The van der Waals surface area contributed by atoms with Crippen molar-refractivity contribution in [2.45, 2.75) is 412 Å². The fraction of sp³-hybridized carbons (Fsp3) is 0.857. The molecule has 0 aliphatic rings. The maximum absolute atomic E-state index is 12.9. The summed E-state index contributed by atoms with van der Waals surface area (Å²) in [7, 11) is 0. The monoisotopic (exact) mass is 1160 g/mol. The molecule has 0 aromatic carbocycles. The van der Waals surface area contributed by atoms with Crippen LogP contribution in [0.3, 0.4) is 0 Å². The highest BCUT2D eigenvalue weighted by Gasteiger charge is 2.19. The molecule has 6 heteroatoms. The summed E-state index contributed by atoms with van der Waals surface area (Å²) < 4.78 is 17.0. The number of carbonyl (C=O) groups excluding carboxylic acids is 3. The second-order valence-electron chi connectivity index (χ2n) is 25.2. The third kappa shape index (κ3) is 70.0. The van der Waals surface area contributed by atoms with E-state index in [2.05, 4.69) is 69.4 Å². The molecule has 6 nitrogen and oxygen atoms in total. The first-order chi connectivity index (χ1) is 41.0. The molecule has 83 heavy (non-hydrogen) atoms. The molecule has 0 bridgehead atoms. The van der Waals surface area contributed by atoms with Crippen LogP contribution in [-0.4, -0.2) is 37.2 Å². The molecule has 0 rings (SSSR count). The molecular formula is C77H142O6. The molecule has 1 atom stereocenters. The zero-order chi connectivity index (χ0) is 59.9. The maximum Gasteiger partial charge on any atom is 0.306 e. The number of hydrogen-bond donors (Lipinski definition) is 0. The summed E-state index contributed by atoms with van der Waals surface area (Å²) in [5.74, 6) is -0.849. The highest BCUT2D eigenvalue weighted by molar-refractivity contribution is 5.71. The maximum atomic E-state index is 12.9. The third-order valence-corrected chi connectivity index (χ3v) is 16.8. The van der Waals surface area contributed by atoms with E-state index in [1.165, 1.54) is 289 Å². The van der Waals surface area contributed by atoms with E-state index in [0.29, 0.717) is 19.3 Å². The van der Waals surface area contributed by atoms with Gasteiger partial charge >= 0.3 is 17.9 Å². The largest absolute Gasteiger partial charge is 0.462 e. The summed E-state index contributed by atoms with van der Waals surface area (Å²) in [4.78, 5) is 38.5. The van der Waals surface area contributed by atoms with E-state index in [1.54, 1.807) is 0 Å². The van der Waals surface area contributed by atoms with Crippen LogP contribution in [0.4, 0.5) is 0 Å². The molecule has 0 heterocycles. The van der Waals surface area contributed by atoms with Crippen molar-refractivity contribution in [3.63, 3.8) is 0 Å². The van der Waals surface area contributed by atoms with Crippen molar-refractivity contribution in [2.75, 3.05) is 13.2 Å². The van der Waals surface area contributed by atoms with Gasteiger partial charge in [0.15, 0.2) is 6.10 Å². The van der Waals surface area contributed by atoms with Crippen LogP contribution in [0.15, 0.2) is 48.6 Å². The van der Waals surface area contributed by atoms with Gasteiger partial charge in [-0.05, 0) is 83.5 Å². The molecule has 0 aromatic heterocycles. The van der Waals surface area contributed by atoms with E-state index < -0.39 is 6.10 Å². The molecule has 0 aliphatic heterocycles. The highest BCUT2D eigenvalue weighted by atomic mass is 16.6. The zero-order valence-electron chi connectivity index (χ0n) is 56.0. The van der Waals surface area contributed by atoms with Crippen LogP contribution in [0.5, 0.6) is 0 Å². The van der Waals surface area contributed by atoms with Gasteiger partial charge in [-0.1, -0.05) is 352 Å². The molecule has 0 fully saturated rings. The minimum Gasteiger partial charge on any atom is -0.462 e. The Bertz CT molecular complexity index is 1430. The van der Waals surface area contributed by atoms with E-state index in [9.17, 15) is 14.4 Å². The fourth-order valence-corrected chi connectivity index (χ4v) is 11.2. The van der Waals surface area contributed by atoms with Crippen molar-refractivity contribution in [1.29, 1.82) is 0 Å². The lowest BCUT2D eigenvalue weighted by molar-refractivity contribution is -0.167. The predicted molar refractivity (Wildman–Crippen MR) is 362 cm³/mol. The Labute approximate surface area is 518 Å². The molecule has 0 aromatic rings. The minimum atomic E-state index is -0.775. The second kappa shape index (κ2) is 71.8. The van der Waals surface area contributed by atoms with E-state index in [-0.39, 0.29) is 31.1 Å². The number of carbonyl (C=O) groups is 3. The van der Waals surface area contributed by atoms with E-state index in [4.69, 9.17) is 14.2 Å². The Morgan fingerprint density at radius 2 is 0.434 bits per heavy atom. The van der Waals surface area contributed by atoms with E-state index >= 15 is 0 Å². The molecule has 0 saturated carbocycles. The van der Waals surface area contributed by atoms with Gasteiger partial charge in [-0.2, -0.15) is 0 Å². The Kier molecular flexibility index (Phi) is 69.6. The lowest BCUT2D eigenvalue weighted by Crippen LogP contribution is -2.30. The lowest BCUT2D eigenvalue weighted by atomic mass is 10.0. The van der Waals surface area contributed by atoms with Gasteiger partial charge < -0.3 is 14.2 Å². The Hall–Kier alpha value is -2.63. The molecule has 0 radical (unpaired) electrons. The van der Waals surface area contributed by atoms with Gasteiger partial charge in [0.25, 0.3) is 0 Å². The van der Waals surface area contributed by atoms with E-state index in [1.807, 2.05) is 0 Å². The number of allylic oxidation sites excluding steroid dienone is 8. The normalized spacial score (nSPS) is 12.3. The molecule has 486 valence electrons. The summed E-state index contributed by atoms with van der Waals surface area (Å²) >= 11 is 0. The number of unbranched alkanes of at least 4 members (excludes halogenated alkanes) is 50. The van der Waals surface area contributed by atoms with Gasteiger partial charge in [-0.3, -0.25) is 14.4 Å². The van der Waals surface area contributed by atoms with Crippen molar-refractivity contribution >= 4 is 17.9 Å². The Morgan fingerprint density at radius 3 is 0.687 bits per heavy atom. The van der Waals surface area contributed by atoms with Gasteiger partial charge in [-0.15, -0.1) is 0 Å². The number of ether oxygens (including phenoxy) is 3. The van der Waals surface area contributed by atoms with Crippen molar-refractivity contribution in [1.82, 2.24) is 0 Å². The number of esters is 3. The molecular weight excluding hydrogens is 1020 g/mol. The first-order valence-electron chi connectivity index (χ1n) is 37.1. The van der Waals surface area contributed by atoms with Crippen molar-refractivity contribution in [3.05, 3.63) is 48.6 Å². The topological polar surface area (TPSA) is 78.9 Å². The van der Waals surface area contributed by atoms with Gasteiger partial charge in [0.2, 0.25) is 0 Å². The SMILES string of the molecule is CCCCCCC/C=C\C/C=C\C/C=C\CCCCCCCCCCCCCCCCCCCCC(=O)OCC(COC(=O)CCCCCCCCCCCCCCCCCC)OC(=O)CCCCCCC/C=C\CCCCCCCCC. The summed E-state index contributed by atoms with van der Waals surface area (Å²) in [5.41, 5.74) is 0. The van der Waals surface area contributed by atoms with Crippen LogP contribution >= 0.6 is 0 Å². The molecule has 1 unspecified atom stereocenters. The third-order valence-electron chi connectivity index (χ3n) is 16.8. The molecule has 0 spiro atoms. The van der Waals surface area contributed by atoms with Gasteiger partial charge in [0.1, 0.15) is 13.2 Å². The van der Waals surface area contributed by atoms with Crippen molar-refractivity contribution < 1.29 is 28.6 Å². The van der Waals surface area contributed by atoms with Gasteiger partial charge in [0, 0.05) is 19.3 Å². The Morgan fingerprint density at radius 1 is 0.241 bits per heavy atom. The van der Waals surface area contributed by atoms with Crippen molar-refractivity contribution in [3.8, 4) is 0 Å². The molecule has 0 amide bonds. The molecule has 0 saturated heterocycles. The summed E-state index contributed by atoms with van der Waals surface area (Å²) in [6.45, 7) is 6.69. The summed E-state index contributed by atoms with van der Waals surface area (Å²) in [6, 6.07) is 0. The lowest BCUT2D eigenvalue weighted by Gasteiger charge is -2.18. The summed E-state index contributed by atoms with van der Waals surface area (Å²) in [5, 5.41) is 0. The zero-order valence-corrected chi connectivity index (χ0v) is 56.0. The predicted octanol–water partition coefficient (Wildman–Crippen LogP) is 25.7. The highest BCUT2D eigenvalue weighted by Crippen LogP contribution is 2.19. The number of rotatable bonds is 69. The summed E-state index contributed by atoms with van der Waals surface area (Å²) in [6.07, 6.45) is 91.5. The quantitative estimate of drug-likeness (QED) is 0.0261. The van der Waals surface area contributed by atoms with Crippen molar-refractivity contribution in [2.24, 2.45) is 0 Å². The van der Waals surface area contributed by atoms with Crippen LogP contribution < -0.4 is 0 Å². The average Bonchev–Trinajstić information content (AvgIpc) is 3.49. The van der Waals surface area contributed by atoms with Gasteiger partial charge in [-0.25, -0.2) is 0 Å². The standard InChI is InChI=1S/C77H142O6/c1-4-7-10-13-16-19-22-25-28-31-32-33-34-35-36-37-38-39-40-41-42-43-44-45-46-47-50-52-55-58-61-64-67-70-76(79)82-73-74(83-77(80)71-68-65-62-59-56-53-49-30-27-24-21-18-15-12-9-6-3)72-81-75(78)69-66-63-60-57-54-51-48-29-26-23-20-17-14-11-8-5-2/h22,25,30-32,34-35,49,74H,4-21,23-24,26-29,33,36-48,50-73H2,1-3H3/b25-22-,32-31-,35-34-,49-30-. The van der Waals surface area contributed by atoms with Crippen LogP contribution in [0, 0.1) is 0 Å². The minimum absolute atomic E-state index is 0.0701.